The molecule has 0 amide bonds. The molecule has 58 heavy (non-hydrogen) atoms. The molecule has 0 radical (unpaired) electrons. The van der Waals surface area contributed by atoms with E-state index in [0.717, 1.165) is 49.3 Å². The Morgan fingerprint density at radius 2 is 0.776 bits per heavy atom. The fourth-order valence-electron chi connectivity index (χ4n) is 9.80. The Morgan fingerprint density at radius 3 is 1.52 bits per heavy atom. The zero-order valence-corrected chi connectivity index (χ0v) is 31.3. The molecule has 0 atom stereocenters. The molecule has 0 unspecified atom stereocenters. The van der Waals surface area contributed by atoms with Crippen LogP contribution in [0.2, 0.25) is 0 Å². The second-order valence-electron chi connectivity index (χ2n) is 15.5. The first-order chi connectivity index (χ1) is 28.7. The summed E-state index contributed by atoms with van der Waals surface area (Å²) in [6.07, 6.45) is 0. The third kappa shape index (κ3) is 4.48. The summed E-state index contributed by atoms with van der Waals surface area (Å²) in [6.45, 7) is 0. The van der Waals surface area contributed by atoms with Gasteiger partial charge in [0.15, 0.2) is 0 Å². The molecule has 0 aliphatic carbocycles. The summed E-state index contributed by atoms with van der Waals surface area (Å²) < 4.78 is 13.0. The molecule has 0 bridgehead atoms. The lowest BCUT2D eigenvalue weighted by atomic mass is 9.84. The average Bonchev–Trinajstić information content (AvgIpc) is 3.84. The fraction of sp³-hybridized carbons (Fsp3) is 0. The van der Waals surface area contributed by atoms with Crippen molar-refractivity contribution < 1.29 is 8.83 Å². The van der Waals surface area contributed by atoms with Gasteiger partial charge in [-0.25, -0.2) is 0 Å². The molecule has 0 aliphatic heterocycles. The highest BCUT2D eigenvalue weighted by atomic mass is 16.3. The molecular weight excluding hydrogens is 705 g/mol. The lowest BCUT2D eigenvalue weighted by Gasteiger charge is -2.19. The Kier molecular flexibility index (Phi) is 6.47. The molecule has 2 heteroatoms. The van der Waals surface area contributed by atoms with Crippen molar-refractivity contribution in [2.45, 2.75) is 0 Å². The number of furan rings is 2. The van der Waals surface area contributed by atoms with Gasteiger partial charge in [-0.3, -0.25) is 0 Å². The summed E-state index contributed by atoms with van der Waals surface area (Å²) in [6, 6.07) is 70.5. The summed E-state index contributed by atoms with van der Waals surface area (Å²) in [5, 5.41) is 16.6. The van der Waals surface area contributed by atoms with E-state index in [1.54, 1.807) is 0 Å². The molecule has 13 aromatic rings. The van der Waals surface area contributed by atoms with Crippen LogP contribution in [0.3, 0.4) is 0 Å². The van der Waals surface area contributed by atoms with Crippen LogP contribution in [0.25, 0.3) is 131 Å². The Labute approximate surface area is 332 Å². The maximum atomic E-state index is 6.68. The van der Waals surface area contributed by atoms with Crippen molar-refractivity contribution in [3.8, 4) is 33.4 Å². The SMILES string of the molecule is c1ccc2c(-c3c4ccccc4c(-c4ccc5cc(-c6cc7c8cc9oc%10ccccc%10c9cc8oc7c7ccccc67)ccc5c4)c4ccccc34)cccc2c1. The minimum atomic E-state index is 0.868. The van der Waals surface area contributed by atoms with E-state index in [-0.39, 0.29) is 0 Å². The van der Waals surface area contributed by atoms with Gasteiger partial charge in [-0.05, 0) is 118 Å². The Bertz CT molecular complexity index is 3800. The second kappa shape index (κ2) is 11.9. The molecule has 2 aromatic heterocycles. The molecule has 0 spiro atoms. The van der Waals surface area contributed by atoms with Gasteiger partial charge >= 0.3 is 0 Å². The monoisotopic (exact) mass is 736 g/mol. The fourth-order valence-corrected chi connectivity index (χ4v) is 9.80. The van der Waals surface area contributed by atoms with E-state index in [1.807, 2.05) is 12.1 Å². The average molecular weight is 737 g/mol. The van der Waals surface area contributed by atoms with Crippen molar-refractivity contribution in [2.24, 2.45) is 0 Å². The summed E-state index contributed by atoms with van der Waals surface area (Å²) in [5.74, 6) is 0. The van der Waals surface area contributed by atoms with E-state index in [2.05, 4.69) is 182 Å². The molecule has 0 fully saturated rings. The van der Waals surface area contributed by atoms with Gasteiger partial charge in [0.25, 0.3) is 0 Å². The summed E-state index contributed by atoms with van der Waals surface area (Å²) in [7, 11) is 0. The predicted octanol–water partition coefficient (Wildman–Crippen LogP) is 16.3. The molecule has 0 saturated heterocycles. The number of hydrogen-bond donors (Lipinski definition) is 0. The largest absolute Gasteiger partial charge is 0.456 e. The smallest absolute Gasteiger partial charge is 0.143 e. The van der Waals surface area contributed by atoms with Crippen LogP contribution in [0.5, 0.6) is 0 Å². The van der Waals surface area contributed by atoms with Crippen LogP contribution in [0, 0.1) is 0 Å². The van der Waals surface area contributed by atoms with E-state index < -0.39 is 0 Å². The van der Waals surface area contributed by atoms with Crippen molar-refractivity contribution in [3.05, 3.63) is 194 Å². The second-order valence-corrected chi connectivity index (χ2v) is 15.5. The van der Waals surface area contributed by atoms with Gasteiger partial charge < -0.3 is 8.83 Å². The number of hydrogen-bond acceptors (Lipinski definition) is 2. The van der Waals surface area contributed by atoms with E-state index in [4.69, 9.17) is 8.83 Å². The zero-order chi connectivity index (χ0) is 37.9. The zero-order valence-electron chi connectivity index (χ0n) is 31.3. The first-order valence-corrected chi connectivity index (χ1v) is 19.9. The third-order valence-electron chi connectivity index (χ3n) is 12.4. The number of para-hydroxylation sites is 1. The van der Waals surface area contributed by atoms with Crippen molar-refractivity contribution in [2.75, 3.05) is 0 Å². The van der Waals surface area contributed by atoms with Gasteiger partial charge in [0.05, 0.1) is 0 Å². The van der Waals surface area contributed by atoms with Crippen LogP contribution in [0.4, 0.5) is 0 Å². The Balaban J connectivity index is 0.991. The number of rotatable bonds is 3. The molecule has 2 nitrogen and oxygen atoms in total. The maximum Gasteiger partial charge on any atom is 0.143 e. The topological polar surface area (TPSA) is 26.3 Å². The minimum absolute atomic E-state index is 0.868. The molecule has 0 saturated carbocycles. The molecule has 11 aromatic carbocycles. The van der Waals surface area contributed by atoms with Crippen LogP contribution >= 0.6 is 0 Å². The van der Waals surface area contributed by atoms with Crippen molar-refractivity contribution in [1.29, 1.82) is 0 Å². The Hall–Kier alpha value is -7.68. The van der Waals surface area contributed by atoms with Crippen LogP contribution in [0.1, 0.15) is 0 Å². The summed E-state index contributed by atoms with van der Waals surface area (Å²) in [5.41, 5.74) is 10.9. The first kappa shape index (κ1) is 31.5. The van der Waals surface area contributed by atoms with E-state index in [9.17, 15) is 0 Å². The van der Waals surface area contributed by atoms with E-state index in [1.165, 1.54) is 81.9 Å². The quantitative estimate of drug-likeness (QED) is 0.169. The summed E-state index contributed by atoms with van der Waals surface area (Å²) in [4.78, 5) is 0. The molecule has 2 heterocycles. The lowest BCUT2D eigenvalue weighted by Crippen LogP contribution is -1.91. The van der Waals surface area contributed by atoms with Gasteiger partial charge in [-0.15, -0.1) is 0 Å². The van der Waals surface area contributed by atoms with Crippen molar-refractivity contribution in [3.63, 3.8) is 0 Å². The number of fused-ring (bicyclic) bond motifs is 12. The van der Waals surface area contributed by atoms with Gasteiger partial charge in [0, 0.05) is 26.9 Å². The van der Waals surface area contributed by atoms with Crippen LogP contribution < -0.4 is 0 Å². The first-order valence-electron chi connectivity index (χ1n) is 19.9. The predicted molar refractivity (Wildman–Crippen MR) is 245 cm³/mol. The number of benzene rings is 11. The normalized spacial score (nSPS) is 12.1. The molecular formula is C56H32O2. The standard InChI is InChI=1S/C56H32O2/c1-2-14-38-33(12-1)13-11-22-41(38)55-44-19-6-4-17-42(44)54(43-18-5-7-20-45(43)55)37-27-25-34-28-36(26-24-35(34)29-37)47-30-50-49-32-52-48(40-16-9-10-23-51(40)57-52)31-53(49)58-56(50)46-21-8-3-15-39(46)47/h1-32H. The highest BCUT2D eigenvalue weighted by molar-refractivity contribution is 6.25. The van der Waals surface area contributed by atoms with Crippen LogP contribution in [-0.2, 0) is 0 Å². The molecule has 0 aliphatic rings. The van der Waals surface area contributed by atoms with Crippen molar-refractivity contribution >= 4 is 97.7 Å². The highest BCUT2D eigenvalue weighted by Gasteiger charge is 2.20. The van der Waals surface area contributed by atoms with Crippen LogP contribution in [-0.4, -0.2) is 0 Å². The van der Waals surface area contributed by atoms with E-state index in [0.29, 0.717) is 0 Å². The van der Waals surface area contributed by atoms with Crippen LogP contribution in [0.15, 0.2) is 203 Å². The van der Waals surface area contributed by atoms with Gasteiger partial charge in [-0.2, -0.15) is 0 Å². The molecule has 268 valence electrons. The van der Waals surface area contributed by atoms with Gasteiger partial charge in [0.2, 0.25) is 0 Å². The molecule has 0 N–H and O–H groups in total. The van der Waals surface area contributed by atoms with Gasteiger partial charge in [0.1, 0.15) is 22.3 Å². The molecule has 13 rings (SSSR count). The summed E-state index contributed by atoms with van der Waals surface area (Å²) >= 11 is 0. The minimum Gasteiger partial charge on any atom is -0.456 e. The Morgan fingerprint density at radius 1 is 0.241 bits per heavy atom. The van der Waals surface area contributed by atoms with E-state index >= 15 is 0 Å². The maximum absolute atomic E-state index is 6.68. The third-order valence-corrected chi connectivity index (χ3v) is 12.4. The lowest BCUT2D eigenvalue weighted by molar-refractivity contribution is 0.665. The van der Waals surface area contributed by atoms with Gasteiger partial charge in [-0.1, -0.05) is 158 Å². The highest BCUT2D eigenvalue weighted by Crippen LogP contribution is 2.47. The van der Waals surface area contributed by atoms with Crippen molar-refractivity contribution in [1.82, 2.24) is 0 Å².